The zero-order valence-corrected chi connectivity index (χ0v) is 10.1. The number of hydrogen-bond donors (Lipinski definition) is 2. The maximum absolute atomic E-state index is 11.9. The van der Waals surface area contributed by atoms with Crippen molar-refractivity contribution in [3.05, 3.63) is 0 Å². The second-order valence-electron chi connectivity index (χ2n) is 4.41. The van der Waals surface area contributed by atoms with E-state index in [4.69, 9.17) is 5.73 Å². The molecular formula is C9H17F3N2O2S. The second-order valence-corrected chi connectivity index (χ2v) is 6.29. The number of nitrogens with one attached hydrogen (secondary N) is 1. The lowest BCUT2D eigenvalue weighted by Gasteiger charge is -2.26. The Hall–Kier alpha value is -0.340. The van der Waals surface area contributed by atoms with E-state index >= 15 is 0 Å². The molecule has 102 valence electrons. The van der Waals surface area contributed by atoms with Crippen molar-refractivity contribution >= 4 is 10.0 Å². The Bertz CT molecular complexity index is 335. The quantitative estimate of drug-likeness (QED) is 0.807. The van der Waals surface area contributed by atoms with Gasteiger partial charge in [0.25, 0.3) is 0 Å². The molecular weight excluding hydrogens is 257 g/mol. The van der Waals surface area contributed by atoms with Gasteiger partial charge in [0.2, 0.25) is 10.0 Å². The maximum Gasteiger partial charge on any atom is 0.390 e. The van der Waals surface area contributed by atoms with Gasteiger partial charge in [-0.15, -0.1) is 0 Å². The maximum atomic E-state index is 11.9. The SMILES string of the molecule is NC1CCC(NS(=O)(=O)CCC(F)(F)F)CC1. The highest BCUT2D eigenvalue weighted by atomic mass is 32.2. The summed E-state index contributed by atoms with van der Waals surface area (Å²) in [6.45, 7) is 0. The molecule has 0 spiro atoms. The smallest absolute Gasteiger partial charge is 0.328 e. The highest BCUT2D eigenvalue weighted by molar-refractivity contribution is 7.89. The highest BCUT2D eigenvalue weighted by Crippen LogP contribution is 2.21. The molecule has 3 N–H and O–H groups in total. The van der Waals surface area contributed by atoms with Crippen molar-refractivity contribution in [2.75, 3.05) is 5.75 Å². The lowest BCUT2D eigenvalue weighted by Crippen LogP contribution is -2.41. The van der Waals surface area contributed by atoms with E-state index in [1.807, 2.05) is 0 Å². The van der Waals surface area contributed by atoms with Crippen molar-refractivity contribution in [3.8, 4) is 0 Å². The summed E-state index contributed by atoms with van der Waals surface area (Å²) in [6.07, 6.45) is -3.17. The summed E-state index contributed by atoms with van der Waals surface area (Å²) in [5.74, 6) is -0.904. The summed E-state index contributed by atoms with van der Waals surface area (Å²) >= 11 is 0. The van der Waals surface area contributed by atoms with Gasteiger partial charge in [0, 0.05) is 12.1 Å². The Morgan fingerprint density at radius 3 is 2.18 bits per heavy atom. The Labute approximate surface area is 98.8 Å². The first-order chi connectivity index (χ1) is 7.68. The topological polar surface area (TPSA) is 72.2 Å². The molecule has 1 saturated carbocycles. The van der Waals surface area contributed by atoms with Crippen LogP contribution in [0.5, 0.6) is 0 Å². The van der Waals surface area contributed by atoms with Crippen LogP contribution >= 0.6 is 0 Å². The number of rotatable bonds is 4. The van der Waals surface area contributed by atoms with Crippen LogP contribution in [0.25, 0.3) is 0 Å². The van der Waals surface area contributed by atoms with Crippen molar-refractivity contribution in [2.45, 2.75) is 50.4 Å². The Morgan fingerprint density at radius 1 is 1.18 bits per heavy atom. The first-order valence-corrected chi connectivity index (χ1v) is 7.15. The Kier molecular flexibility index (Phi) is 4.79. The van der Waals surface area contributed by atoms with E-state index < -0.39 is 28.4 Å². The molecule has 8 heteroatoms. The predicted octanol–water partition coefficient (Wildman–Crippen LogP) is 1.13. The normalized spacial score (nSPS) is 27.1. The molecule has 0 radical (unpaired) electrons. The van der Waals surface area contributed by atoms with Gasteiger partial charge in [-0.25, -0.2) is 13.1 Å². The first kappa shape index (κ1) is 14.7. The second kappa shape index (κ2) is 5.53. The van der Waals surface area contributed by atoms with Gasteiger partial charge in [-0.2, -0.15) is 13.2 Å². The number of hydrogen-bond acceptors (Lipinski definition) is 3. The molecule has 1 aliphatic rings. The third kappa shape index (κ3) is 6.23. The van der Waals surface area contributed by atoms with Crippen LogP contribution in [0.3, 0.4) is 0 Å². The van der Waals surface area contributed by atoms with E-state index in [-0.39, 0.29) is 12.1 Å². The van der Waals surface area contributed by atoms with Gasteiger partial charge < -0.3 is 5.73 Å². The average molecular weight is 274 g/mol. The summed E-state index contributed by atoms with van der Waals surface area (Å²) in [5, 5.41) is 0. The van der Waals surface area contributed by atoms with Gasteiger partial charge in [-0.05, 0) is 25.7 Å². The van der Waals surface area contributed by atoms with Crippen LogP contribution in [0, 0.1) is 0 Å². The van der Waals surface area contributed by atoms with Crippen molar-refractivity contribution in [2.24, 2.45) is 5.73 Å². The van der Waals surface area contributed by atoms with Crippen molar-refractivity contribution in [3.63, 3.8) is 0 Å². The summed E-state index contributed by atoms with van der Waals surface area (Å²) in [4.78, 5) is 0. The molecule has 0 saturated heterocycles. The molecule has 0 unspecified atom stereocenters. The molecule has 0 aliphatic heterocycles. The summed E-state index contributed by atoms with van der Waals surface area (Å²) in [6, 6.07) is -0.195. The first-order valence-electron chi connectivity index (χ1n) is 5.50. The highest BCUT2D eigenvalue weighted by Gasteiger charge is 2.31. The van der Waals surface area contributed by atoms with E-state index in [1.54, 1.807) is 0 Å². The predicted molar refractivity (Wildman–Crippen MR) is 57.8 cm³/mol. The minimum absolute atomic E-state index is 0.0749. The molecule has 0 aromatic heterocycles. The Morgan fingerprint density at radius 2 is 1.71 bits per heavy atom. The zero-order valence-electron chi connectivity index (χ0n) is 9.33. The summed E-state index contributed by atoms with van der Waals surface area (Å²) < 4.78 is 60.8. The van der Waals surface area contributed by atoms with Crippen LogP contribution in [0.2, 0.25) is 0 Å². The van der Waals surface area contributed by atoms with Crippen LogP contribution < -0.4 is 10.5 Å². The number of alkyl halides is 3. The van der Waals surface area contributed by atoms with Gasteiger partial charge >= 0.3 is 6.18 Å². The van der Waals surface area contributed by atoms with Gasteiger partial charge in [0.05, 0.1) is 12.2 Å². The largest absolute Gasteiger partial charge is 0.390 e. The van der Waals surface area contributed by atoms with E-state index in [9.17, 15) is 21.6 Å². The van der Waals surface area contributed by atoms with Crippen LogP contribution in [-0.2, 0) is 10.0 Å². The van der Waals surface area contributed by atoms with Crippen molar-refractivity contribution in [1.82, 2.24) is 4.72 Å². The Balaban J connectivity index is 2.39. The van der Waals surface area contributed by atoms with Gasteiger partial charge in [-0.3, -0.25) is 0 Å². The van der Waals surface area contributed by atoms with Gasteiger partial charge in [-0.1, -0.05) is 0 Å². The van der Waals surface area contributed by atoms with E-state index in [1.165, 1.54) is 0 Å². The van der Waals surface area contributed by atoms with E-state index in [0.717, 1.165) is 0 Å². The number of nitrogens with two attached hydrogens (primary N) is 1. The number of halogens is 3. The third-order valence-electron chi connectivity index (χ3n) is 2.77. The van der Waals surface area contributed by atoms with Crippen LogP contribution in [0.4, 0.5) is 13.2 Å². The summed E-state index contributed by atoms with van der Waals surface area (Å²) in [5.41, 5.74) is 5.65. The fourth-order valence-corrected chi connectivity index (χ4v) is 3.16. The van der Waals surface area contributed by atoms with Crippen LogP contribution in [0.15, 0.2) is 0 Å². The molecule has 0 aromatic rings. The monoisotopic (exact) mass is 274 g/mol. The molecule has 1 aliphatic carbocycles. The third-order valence-corrected chi connectivity index (χ3v) is 4.21. The molecule has 0 atom stereocenters. The fourth-order valence-electron chi connectivity index (χ4n) is 1.80. The lowest BCUT2D eigenvalue weighted by molar-refractivity contribution is -0.130. The minimum atomic E-state index is -4.44. The van der Waals surface area contributed by atoms with Gasteiger partial charge in [0.15, 0.2) is 0 Å². The van der Waals surface area contributed by atoms with Crippen LogP contribution in [-0.4, -0.2) is 32.4 Å². The standard InChI is InChI=1S/C9H17F3N2O2S/c10-9(11,12)5-6-17(15,16)14-8-3-1-7(13)2-4-8/h7-8,14H,1-6,13H2. The van der Waals surface area contributed by atoms with Gasteiger partial charge in [0.1, 0.15) is 0 Å². The molecule has 0 aromatic carbocycles. The molecule has 0 bridgehead atoms. The molecule has 0 heterocycles. The van der Waals surface area contributed by atoms with Crippen molar-refractivity contribution < 1.29 is 21.6 Å². The van der Waals surface area contributed by atoms with E-state index in [2.05, 4.69) is 4.72 Å². The zero-order chi connectivity index (χ0) is 13.1. The molecule has 1 fully saturated rings. The molecule has 0 amide bonds. The lowest BCUT2D eigenvalue weighted by atomic mass is 9.93. The molecule has 1 rings (SSSR count). The minimum Gasteiger partial charge on any atom is -0.328 e. The van der Waals surface area contributed by atoms with Crippen molar-refractivity contribution in [1.29, 1.82) is 0 Å². The fraction of sp³-hybridized carbons (Fsp3) is 1.00. The summed E-state index contributed by atoms with van der Waals surface area (Å²) in [7, 11) is -3.84. The number of sulfonamides is 1. The van der Waals surface area contributed by atoms with E-state index in [0.29, 0.717) is 25.7 Å². The molecule has 17 heavy (non-hydrogen) atoms. The average Bonchev–Trinajstić information content (AvgIpc) is 2.18. The van der Waals surface area contributed by atoms with Crippen LogP contribution in [0.1, 0.15) is 32.1 Å². The molecule has 4 nitrogen and oxygen atoms in total.